The van der Waals surface area contributed by atoms with E-state index in [-0.39, 0.29) is 11.7 Å². The Kier molecular flexibility index (Phi) is 3.45. The van der Waals surface area contributed by atoms with Crippen LogP contribution >= 0.6 is 11.6 Å². The lowest BCUT2D eigenvalue weighted by Gasteiger charge is -1.99. The average Bonchev–Trinajstić information content (AvgIpc) is 2.97. The lowest BCUT2D eigenvalue weighted by molar-refractivity contribution is 0.589. The van der Waals surface area contributed by atoms with Gasteiger partial charge in [0.1, 0.15) is 11.8 Å². The van der Waals surface area contributed by atoms with E-state index in [0.717, 1.165) is 0 Å². The van der Waals surface area contributed by atoms with Crippen LogP contribution in [0.3, 0.4) is 0 Å². The third-order valence-electron chi connectivity index (χ3n) is 2.49. The summed E-state index contributed by atoms with van der Waals surface area (Å²) in [5, 5.41) is 12.0. The second-order valence-corrected chi connectivity index (χ2v) is 4.35. The van der Waals surface area contributed by atoms with Crippen LogP contribution in [0.25, 0.3) is 11.5 Å². The van der Waals surface area contributed by atoms with E-state index in [4.69, 9.17) is 21.3 Å². The van der Waals surface area contributed by atoms with Crippen molar-refractivity contribution in [3.63, 3.8) is 0 Å². The van der Waals surface area contributed by atoms with Gasteiger partial charge in [-0.25, -0.2) is 15.0 Å². The topological polar surface area (TPSA) is 101 Å². The number of nitrogens with zero attached hydrogens (tertiary/aromatic N) is 5. The van der Waals surface area contributed by atoms with Crippen molar-refractivity contribution in [3.8, 4) is 17.5 Å². The SMILES string of the molecule is N#Cc1cnc(Nc2ncc(-c3ccc(Cl)cn3)o2)cn1. The molecule has 0 aliphatic carbocycles. The van der Waals surface area contributed by atoms with Crippen LogP contribution in [0, 0.1) is 11.3 Å². The van der Waals surface area contributed by atoms with Crippen molar-refractivity contribution in [2.24, 2.45) is 0 Å². The molecule has 0 unspecified atom stereocenters. The van der Waals surface area contributed by atoms with E-state index in [1.807, 2.05) is 6.07 Å². The van der Waals surface area contributed by atoms with Crippen molar-refractivity contribution in [1.82, 2.24) is 19.9 Å². The predicted molar refractivity (Wildman–Crippen MR) is 74.8 cm³/mol. The van der Waals surface area contributed by atoms with Crippen LogP contribution in [0.4, 0.5) is 11.8 Å². The van der Waals surface area contributed by atoms with Gasteiger partial charge in [0.25, 0.3) is 0 Å². The van der Waals surface area contributed by atoms with E-state index in [9.17, 15) is 0 Å². The Labute approximate surface area is 124 Å². The van der Waals surface area contributed by atoms with Crippen molar-refractivity contribution in [1.29, 1.82) is 5.26 Å². The van der Waals surface area contributed by atoms with E-state index in [1.165, 1.54) is 24.8 Å². The average molecular weight is 299 g/mol. The molecule has 1 N–H and O–H groups in total. The van der Waals surface area contributed by atoms with E-state index >= 15 is 0 Å². The van der Waals surface area contributed by atoms with Gasteiger partial charge in [0.05, 0.1) is 23.6 Å². The molecule has 0 aliphatic rings. The normalized spacial score (nSPS) is 10.1. The van der Waals surface area contributed by atoms with Crippen LogP contribution in [0.1, 0.15) is 5.69 Å². The highest BCUT2D eigenvalue weighted by atomic mass is 35.5. The highest BCUT2D eigenvalue weighted by Gasteiger charge is 2.08. The van der Waals surface area contributed by atoms with Gasteiger partial charge in [-0.05, 0) is 12.1 Å². The molecule has 0 amide bonds. The number of hydrogen-bond donors (Lipinski definition) is 1. The van der Waals surface area contributed by atoms with Gasteiger partial charge in [-0.1, -0.05) is 11.6 Å². The first-order chi connectivity index (χ1) is 10.2. The maximum atomic E-state index is 8.65. The first-order valence-corrected chi connectivity index (χ1v) is 6.19. The third-order valence-corrected chi connectivity index (χ3v) is 2.71. The number of hydrogen-bond acceptors (Lipinski definition) is 7. The molecule has 3 rings (SSSR count). The zero-order valence-electron chi connectivity index (χ0n) is 10.5. The molecular formula is C13H7ClN6O. The van der Waals surface area contributed by atoms with E-state index < -0.39 is 0 Å². The highest BCUT2D eigenvalue weighted by molar-refractivity contribution is 6.30. The molecule has 3 aromatic heterocycles. The molecule has 0 atom stereocenters. The molecule has 3 aromatic rings. The van der Waals surface area contributed by atoms with Crippen molar-refractivity contribution in [3.05, 3.63) is 47.6 Å². The molecule has 0 spiro atoms. The second-order valence-electron chi connectivity index (χ2n) is 3.92. The van der Waals surface area contributed by atoms with Crippen LogP contribution in [-0.4, -0.2) is 19.9 Å². The molecule has 102 valence electrons. The molecule has 0 bridgehead atoms. The summed E-state index contributed by atoms with van der Waals surface area (Å²) in [6, 6.07) is 5.58. The Morgan fingerprint density at radius 3 is 2.62 bits per heavy atom. The first-order valence-electron chi connectivity index (χ1n) is 5.81. The van der Waals surface area contributed by atoms with Crippen LogP contribution < -0.4 is 5.32 Å². The van der Waals surface area contributed by atoms with Crippen molar-refractivity contribution in [2.75, 3.05) is 5.32 Å². The standard InChI is InChI=1S/C13H7ClN6O/c14-8-1-2-10(17-4-8)11-6-19-13(21-11)20-12-7-16-9(3-15)5-18-12/h1-2,4-7H,(H,18,19,20). The van der Waals surface area contributed by atoms with Gasteiger partial charge < -0.3 is 4.42 Å². The van der Waals surface area contributed by atoms with E-state index in [1.54, 1.807) is 12.1 Å². The molecule has 0 aromatic carbocycles. The Morgan fingerprint density at radius 2 is 1.95 bits per heavy atom. The second kappa shape index (κ2) is 5.56. The van der Waals surface area contributed by atoms with Gasteiger partial charge in [-0.2, -0.15) is 5.26 Å². The summed E-state index contributed by atoms with van der Waals surface area (Å²) >= 11 is 5.78. The van der Waals surface area contributed by atoms with Gasteiger partial charge in [0, 0.05) is 6.20 Å². The number of pyridine rings is 1. The van der Waals surface area contributed by atoms with Crippen LogP contribution in [0.15, 0.2) is 41.3 Å². The van der Waals surface area contributed by atoms with Crippen molar-refractivity contribution >= 4 is 23.4 Å². The number of halogens is 1. The molecule has 0 saturated carbocycles. The monoisotopic (exact) mass is 298 g/mol. The Morgan fingerprint density at radius 1 is 1.05 bits per heavy atom. The minimum atomic E-state index is 0.235. The van der Waals surface area contributed by atoms with E-state index in [0.29, 0.717) is 22.3 Å². The zero-order chi connectivity index (χ0) is 14.7. The fourth-order valence-corrected chi connectivity index (χ4v) is 1.64. The van der Waals surface area contributed by atoms with Crippen LogP contribution in [0.2, 0.25) is 5.02 Å². The van der Waals surface area contributed by atoms with Crippen LogP contribution in [0.5, 0.6) is 0 Å². The smallest absolute Gasteiger partial charge is 0.300 e. The summed E-state index contributed by atoms with van der Waals surface area (Å²) < 4.78 is 5.51. The molecule has 7 nitrogen and oxygen atoms in total. The maximum absolute atomic E-state index is 8.65. The Bertz CT molecular complexity index is 791. The van der Waals surface area contributed by atoms with Crippen molar-refractivity contribution < 1.29 is 4.42 Å². The first kappa shape index (κ1) is 13.0. The number of oxazole rings is 1. The summed E-state index contributed by atoms with van der Waals surface area (Å²) in [7, 11) is 0. The molecule has 0 aliphatic heterocycles. The van der Waals surface area contributed by atoms with Crippen LogP contribution in [-0.2, 0) is 0 Å². The lowest BCUT2D eigenvalue weighted by atomic mass is 10.3. The number of anilines is 2. The molecular weight excluding hydrogens is 292 g/mol. The number of aromatic nitrogens is 4. The molecule has 0 fully saturated rings. The zero-order valence-corrected chi connectivity index (χ0v) is 11.2. The van der Waals surface area contributed by atoms with Gasteiger partial charge in [0.15, 0.2) is 17.3 Å². The number of nitrogens with one attached hydrogen (secondary N) is 1. The summed E-state index contributed by atoms with van der Waals surface area (Å²) in [6.45, 7) is 0. The van der Waals surface area contributed by atoms with Gasteiger partial charge in [-0.3, -0.25) is 10.3 Å². The highest BCUT2D eigenvalue weighted by Crippen LogP contribution is 2.22. The van der Waals surface area contributed by atoms with Gasteiger partial charge in [0.2, 0.25) is 0 Å². The molecule has 21 heavy (non-hydrogen) atoms. The summed E-state index contributed by atoms with van der Waals surface area (Å²) in [4.78, 5) is 16.1. The Hall–Kier alpha value is -2.98. The molecule has 8 heteroatoms. The summed E-state index contributed by atoms with van der Waals surface area (Å²) in [6.07, 6.45) is 5.84. The maximum Gasteiger partial charge on any atom is 0.300 e. The van der Waals surface area contributed by atoms with Gasteiger partial charge in [-0.15, -0.1) is 0 Å². The lowest BCUT2D eigenvalue weighted by Crippen LogP contribution is -1.95. The fourth-order valence-electron chi connectivity index (χ4n) is 1.53. The fraction of sp³-hybridized carbons (Fsp3) is 0. The Balaban J connectivity index is 1.78. The quantitative estimate of drug-likeness (QED) is 0.793. The van der Waals surface area contributed by atoms with Gasteiger partial charge >= 0.3 is 6.01 Å². The number of rotatable bonds is 3. The molecule has 3 heterocycles. The largest absolute Gasteiger partial charge is 0.422 e. The molecule has 0 saturated heterocycles. The number of nitriles is 1. The third kappa shape index (κ3) is 2.96. The molecule has 0 radical (unpaired) electrons. The summed E-state index contributed by atoms with van der Waals surface area (Å²) in [5.74, 6) is 0.919. The minimum absolute atomic E-state index is 0.235. The van der Waals surface area contributed by atoms with E-state index in [2.05, 4.69) is 25.3 Å². The predicted octanol–water partition coefficient (Wildman–Crippen LogP) is 2.80. The minimum Gasteiger partial charge on any atom is -0.422 e. The van der Waals surface area contributed by atoms with Crippen molar-refractivity contribution in [2.45, 2.75) is 0 Å². The summed E-state index contributed by atoms with van der Waals surface area (Å²) in [5.41, 5.74) is 0.852.